The predicted octanol–water partition coefficient (Wildman–Crippen LogP) is 5.37. The van der Waals surface area contributed by atoms with Gasteiger partial charge in [-0.1, -0.05) is 49.0 Å². The highest BCUT2D eigenvalue weighted by molar-refractivity contribution is 7.99. The molecular weight excluding hydrogens is 405 g/mol. The highest BCUT2D eigenvalue weighted by Crippen LogP contribution is 2.27. The Balaban J connectivity index is 1.41. The van der Waals surface area contributed by atoms with E-state index in [2.05, 4.69) is 22.1 Å². The lowest BCUT2D eigenvalue weighted by atomic mass is 10.1. The third-order valence-corrected chi connectivity index (χ3v) is 5.54. The second-order valence-electron chi connectivity index (χ2n) is 6.70. The van der Waals surface area contributed by atoms with Crippen LogP contribution < -0.4 is 4.74 Å². The summed E-state index contributed by atoms with van der Waals surface area (Å²) in [5.41, 5.74) is 2.81. The molecule has 0 aliphatic heterocycles. The number of aryl methyl sites for hydroxylation is 1. The molecule has 1 N–H and O–H groups in total. The number of para-hydroxylation sites is 2. The Morgan fingerprint density at radius 1 is 1.23 bits per heavy atom. The van der Waals surface area contributed by atoms with Gasteiger partial charge in [0, 0.05) is 22.7 Å². The van der Waals surface area contributed by atoms with Crippen LogP contribution in [0.25, 0.3) is 10.9 Å². The molecule has 2 aromatic carbocycles. The molecule has 1 atom stereocenters. The minimum atomic E-state index is -0.625. The molecule has 0 bridgehead atoms. The lowest BCUT2D eigenvalue weighted by Crippen LogP contribution is -2.04. The summed E-state index contributed by atoms with van der Waals surface area (Å²) in [5.74, 6) is -0.0109. The molecule has 0 radical (unpaired) electrons. The summed E-state index contributed by atoms with van der Waals surface area (Å²) in [6.07, 6.45) is 2.01. The second-order valence-corrected chi connectivity index (χ2v) is 7.63. The Hall–Kier alpha value is -3.13. The van der Waals surface area contributed by atoms with Crippen molar-refractivity contribution in [1.82, 2.24) is 15.2 Å². The number of ether oxygens (including phenoxy) is 1. The van der Waals surface area contributed by atoms with E-state index in [4.69, 9.17) is 9.15 Å². The number of thioether (sulfide) groups is 1. The van der Waals surface area contributed by atoms with Crippen molar-refractivity contribution in [2.45, 2.75) is 31.6 Å². The largest absolute Gasteiger partial charge is 0.478 e. The molecule has 0 unspecified atom stereocenters. The van der Waals surface area contributed by atoms with E-state index in [1.54, 1.807) is 25.3 Å². The standard InChI is InChI=1S/C22H20FN3O3S/c1-3-14-7-6-8-15-16(11-24-20(14)15)18(27)12-30-22-26-25-21(29-22)13(2)28-19-10-5-4-9-17(19)23/h4-11,13,24H,3,12H2,1-2H3/t13-/m0/s1. The monoisotopic (exact) mass is 425 g/mol. The number of nitrogens with zero attached hydrogens (tertiary/aromatic N) is 2. The summed E-state index contributed by atoms with van der Waals surface area (Å²) >= 11 is 1.16. The number of carbonyl (C=O) groups is 1. The zero-order valence-electron chi connectivity index (χ0n) is 16.5. The van der Waals surface area contributed by atoms with Crippen LogP contribution in [0.3, 0.4) is 0 Å². The summed E-state index contributed by atoms with van der Waals surface area (Å²) in [4.78, 5) is 15.9. The molecule has 4 rings (SSSR count). The molecule has 2 aromatic heterocycles. The van der Waals surface area contributed by atoms with Gasteiger partial charge in [-0.25, -0.2) is 4.39 Å². The molecule has 0 amide bonds. The van der Waals surface area contributed by atoms with E-state index in [0.717, 1.165) is 29.1 Å². The number of aromatic nitrogens is 3. The first kappa shape index (κ1) is 20.2. The molecule has 0 aliphatic carbocycles. The Morgan fingerprint density at radius 3 is 2.87 bits per heavy atom. The third kappa shape index (κ3) is 4.09. The van der Waals surface area contributed by atoms with Gasteiger partial charge in [0.15, 0.2) is 23.5 Å². The Kier molecular flexibility index (Phi) is 5.85. The van der Waals surface area contributed by atoms with Gasteiger partial charge in [0.1, 0.15) is 0 Å². The predicted molar refractivity (Wildman–Crippen MR) is 112 cm³/mol. The summed E-state index contributed by atoms with van der Waals surface area (Å²) in [6, 6.07) is 12.1. The summed E-state index contributed by atoms with van der Waals surface area (Å²) < 4.78 is 24.9. The van der Waals surface area contributed by atoms with Crippen LogP contribution in [-0.4, -0.2) is 26.7 Å². The van der Waals surface area contributed by atoms with Gasteiger partial charge in [-0.3, -0.25) is 4.79 Å². The lowest BCUT2D eigenvalue weighted by Gasteiger charge is -2.11. The van der Waals surface area contributed by atoms with E-state index in [0.29, 0.717) is 5.56 Å². The van der Waals surface area contributed by atoms with Crippen LogP contribution in [0.15, 0.2) is 58.3 Å². The van der Waals surface area contributed by atoms with Gasteiger partial charge in [-0.15, -0.1) is 10.2 Å². The molecular formula is C22H20FN3O3S. The van der Waals surface area contributed by atoms with E-state index in [-0.39, 0.29) is 28.4 Å². The van der Waals surface area contributed by atoms with Crippen molar-refractivity contribution in [3.8, 4) is 5.75 Å². The number of Topliss-reactive ketones (excluding diaryl/α,β-unsaturated/α-hetero) is 1. The zero-order valence-corrected chi connectivity index (χ0v) is 17.3. The van der Waals surface area contributed by atoms with Crippen LogP contribution in [-0.2, 0) is 6.42 Å². The van der Waals surface area contributed by atoms with Crippen LogP contribution in [0.5, 0.6) is 5.75 Å². The van der Waals surface area contributed by atoms with Gasteiger partial charge in [0.25, 0.3) is 11.1 Å². The number of H-pyrrole nitrogens is 1. The van der Waals surface area contributed by atoms with Crippen molar-refractivity contribution in [3.05, 3.63) is 71.5 Å². The van der Waals surface area contributed by atoms with Gasteiger partial charge < -0.3 is 14.1 Å². The van der Waals surface area contributed by atoms with E-state index in [1.165, 1.54) is 17.7 Å². The maximum atomic E-state index is 13.7. The van der Waals surface area contributed by atoms with E-state index in [1.807, 2.05) is 18.2 Å². The van der Waals surface area contributed by atoms with Crippen LogP contribution >= 0.6 is 11.8 Å². The first-order chi connectivity index (χ1) is 14.6. The average Bonchev–Trinajstić information content (AvgIpc) is 3.41. The molecule has 0 saturated carbocycles. The number of fused-ring (bicyclic) bond motifs is 1. The molecule has 0 aliphatic rings. The molecule has 4 aromatic rings. The molecule has 2 heterocycles. The summed E-state index contributed by atoms with van der Waals surface area (Å²) in [6.45, 7) is 3.77. The van der Waals surface area contributed by atoms with Crippen LogP contribution in [0.1, 0.15) is 41.8 Å². The minimum absolute atomic E-state index is 0.0325. The van der Waals surface area contributed by atoms with Crippen molar-refractivity contribution in [2.75, 3.05) is 5.75 Å². The molecule has 8 heteroatoms. The lowest BCUT2D eigenvalue weighted by molar-refractivity contribution is 0.102. The first-order valence-corrected chi connectivity index (χ1v) is 10.5. The fourth-order valence-corrected chi connectivity index (χ4v) is 3.82. The number of hydrogen-bond acceptors (Lipinski definition) is 6. The van der Waals surface area contributed by atoms with Gasteiger partial charge >= 0.3 is 0 Å². The first-order valence-electron chi connectivity index (χ1n) is 9.56. The van der Waals surface area contributed by atoms with E-state index in [9.17, 15) is 9.18 Å². The normalized spacial score (nSPS) is 12.2. The molecule has 154 valence electrons. The topological polar surface area (TPSA) is 81.0 Å². The highest BCUT2D eigenvalue weighted by Gasteiger charge is 2.19. The number of nitrogens with one attached hydrogen (secondary N) is 1. The van der Waals surface area contributed by atoms with Crippen molar-refractivity contribution < 1.29 is 18.3 Å². The minimum Gasteiger partial charge on any atom is -0.478 e. The fourth-order valence-electron chi connectivity index (χ4n) is 3.17. The van der Waals surface area contributed by atoms with Crippen molar-refractivity contribution in [1.29, 1.82) is 0 Å². The number of rotatable bonds is 8. The number of halogens is 1. The number of carbonyl (C=O) groups excluding carboxylic acids is 1. The van der Waals surface area contributed by atoms with Gasteiger partial charge in [0.05, 0.1) is 5.75 Å². The van der Waals surface area contributed by atoms with Gasteiger partial charge in [0.2, 0.25) is 0 Å². The Bertz CT molecular complexity index is 1190. The van der Waals surface area contributed by atoms with Gasteiger partial charge in [-0.05, 0) is 31.0 Å². The summed E-state index contributed by atoms with van der Waals surface area (Å²) in [5, 5.41) is 9.09. The molecule has 0 spiro atoms. The molecule has 6 nitrogen and oxygen atoms in total. The smallest absolute Gasteiger partial charge is 0.277 e. The number of benzene rings is 2. The van der Waals surface area contributed by atoms with Crippen LogP contribution in [0, 0.1) is 5.82 Å². The highest BCUT2D eigenvalue weighted by atomic mass is 32.2. The van der Waals surface area contributed by atoms with Crippen LogP contribution in [0.4, 0.5) is 4.39 Å². The Labute approximate surface area is 176 Å². The van der Waals surface area contributed by atoms with E-state index >= 15 is 0 Å². The van der Waals surface area contributed by atoms with Crippen molar-refractivity contribution in [2.24, 2.45) is 0 Å². The molecule has 0 fully saturated rings. The quantitative estimate of drug-likeness (QED) is 0.302. The maximum absolute atomic E-state index is 13.7. The second kappa shape index (κ2) is 8.71. The molecule has 30 heavy (non-hydrogen) atoms. The molecule has 0 saturated heterocycles. The van der Waals surface area contributed by atoms with Crippen LogP contribution in [0.2, 0.25) is 0 Å². The van der Waals surface area contributed by atoms with Crippen molar-refractivity contribution in [3.63, 3.8) is 0 Å². The maximum Gasteiger partial charge on any atom is 0.277 e. The average molecular weight is 425 g/mol. The SMILES string of the molecule is CCc1cccc2c(C(=O)CSc3nnc([C@H](C)Oc4ccccc4F)o3)c[nH]c12. The van der Waals surface area contributed by atoms with Crippen molar-refractivity contribution >= 4 is 28.4 Å². The number of ketones is 1. The summed E-state index contributed by atoms with van der Waals surface area (Å²) in [7, 11) is 0. The Morgan fingerprint density at radius 2 is 2.07 bits per heavy atom. The van der Waals surface area contributed by atoms with Gasteiger partial charge in [-0.2, -0.15) is 0 Å². The number of hydrogen-bond donors (Lipinski definition) is 1. The number of aromatic amines is 1. The zero-order chi connectivity index (χ0) is 21.1. The fraction of sp³-hybridized carbons (Fsp3) is 0.227. The third-order valence-electron chi connectivity index (χ3n) is 4.72. The van der Waals surface area contributed by atoms with E-state index < -0.39 is 11.9 Å².